The summed E-state index contributed by atoms with van der Waals surface area (Å²) >= 11 is 0. The fraction of sp³-hybridized carbons (Fsp3) is 0.353. The number of benzene rings is 1. The fourth-order valence-electron chi connectivity index (χ4n) is 2.59. The summed E-state index contributed by atoms with van der Waals surface area (Å²) in [5.74, 6) is 1.32. The molecule has 0 radical (unpaired) electrons. The van der Waals surface area contributed by atoms with E-state index in [1.54, 1.807) is 12.1 Å². The second-order valence-electron chi connectivity index (χ2n) is 6.02. The van der Waals surface area contributed by atoms with E-state index in [9.17, 15) is 4.79 Å². The van der Waals surface area contributed by atoms with Crippen LogP contribution >= 0.6 is 0 Å². The van der Waals surface area contributed by atoms with Crippen LogP contribution in [0.25, 0.3) is 0 Å². The molecule has 2 heterocycles. The number of anilines is 3. The fourth-order valence-corrected chi connectivity index (χ4v) is 2.59. The standard InChI is InChI=1S/C17H23N7O2/c1-23-7-9-24(10-8-23)17-15(18)16(19-12-20-17)22-21-14(25)11-26-13-5-3-2-4-6-13/h2-6,12H,7-11,18H2,1H3,(H,21,25)(H,19,20,22). The zero-order valence-corrected chi connectivity index (χ0v) is 14.7. The van der Waals surface area contributed by atoms with Crippen molar-refractivity contribution in [3.05, 3.63) is 36.7 Å². The Morgan fingerprint density at radius 3 is 2.65 bits per heavy atom. The lowest BCUT2D eigenvalue weighted by Gasteiger charge is -2.33. The number of rotatable bonds is 6. The van der Waals surface area contributed by atoms with Crippen LogP contribution in [0.3, 0.4) is 0 Å². The van der Waals surface area contributed by atoms with E-state index in [1.165, 1.54) is 6.33 Å². The first-order valence-electron chi connectivity index (χ1n) is 8.40. The maximum Gasteiger partial charge on any atom is 0.276 e. The van der Waals surface area contributed by atoms with Crippen LogP contribution in [-0.2, 0) is 4.79 Å². The van der Waals surface area contributed by atoms with Crippen molar-refractivity contribution >= 4 is 23.2 Å². The third kappa shape index (κ3) is 4.51. The second kappa shape index (κ2) is 8.34. The number of likely N-dealkylation sites (N-methyl/N-ethyl adjacent to an activating group) is 1. The van der Waals surface area contributed by atoms with Crippen molar-refractivity contribution in [1.29, 1.82) is 0 Å². The first kappa shape index (κ1) is 17.7. The van der Waals surface area contributed by atoms with Gasteiger partial charge in [-0.2, -0.15) is 0 Å². The monoisotopic (exact) mass is 357 g/mol. The van der Waals surface area contributed by atoms with Gasteiger partial charge in [0.05, 0.1) is 0 Å². The molecule has 0 aliphatic carbocycles. The largest absolute Gasteiger partial charge is 0.484 e. The van der Waals surface area contributed by atoms with Crippen molar-refractivity contribution in [3.63, 3.8) is 0 Å². The number of nitrogens with two attached hydrogens (primary N) is 1. The van der Waals surface area contributed by atoms with Gasteiger partial charge in [0.1, 0.15) is 17.8 Å². The van der Waals surface area contributed by atoms with Gasteiger partial charge in [0.2, 0.25) is 0 Å². The number of nitrogen functional groups attached to an aromatic ring is 1. The molecule has 9 nitrogen and oxygen atoms in total. The van der Waals surface area contributed by atoms with Crippen LogP contribution in [0.2, 0.25) is 0 Å². The third-order valence-electron chi connectivity index (χ3n) is 4.10. The van der Waals surface area contributed by atoms with Gasteiger partial charge in [0.15, 0.2) is 18.2 Å². The number of hydrazine groups is 1. The maximum atomic E-state index is 11.9. The first-order valence-corrected chi connectivity index (χ1v) is 8.40. The summed E-state index contributed by atoms with van der Waals surface area (Å²) < 4.78 is 5.39. The molecule has 3 rings (SSSR count). The maximum absolute atomic E-state index is 11.9. The lowest BCUT2D eigenvalue weighted by atomic mass is 10.3. The smallest absolute Gasteiger partial charge is 0.276 e. The summed E-state index contributed by atoms with van der Waals surface area (Å²) in [5.41, 5.74) is 11.9. The molecule has 4 N–H and O–H groups in total. The van der Waals surface area contributed by atoms with Crippen LogP contribution in [0.1, 0.15) is 0 Å². The minimum Gasteiger partial charge on any atom is -0.484 e. The summed E-state index contributed by atoms with van der Waals surface area (Å²) in [4.78, 5) is 24.7. The van der Waals surface area contributed by atoms with E-state index in [2.05, 4.69) is 37.7 Å². The number of aromatic nitrogens is 2. The summed E-state index contributed by atoms with van der Waals surface area (Å²) in [5, 5.41) is 0. The number of hydrogen-bond donors (Lipinski definition) is 3. The Morgan fingerprint density at radius 1 is 1.19 bits per heavy atom. The van der Waals surface area contributed by atoms with Gasteiger partial charge in [-0.3, -0.25) is 15.6 Å². The van der Waals surface area contributed by atoms with Gasteiger partial charge < -0.3 is 20.3 Å². The number of carbonyl (C=O) groups excluding carboxylic acids is 1. The number of nitrogens with one attached hydrogen (secondary N) is 2. The van der Waals surface area contributed by atoms with E-state index in [-0.39, 0.29) is 12.5 Å². The lowest BCUT2D eigenvalue weighted by Crippen LogP contribution is -2.45. The average molecular weight is 357 g/mol. The Bertz CT molecular complexity index is 733. The number of carbonyl (C=O) groups is 1. The van der Waals surface area contributed by atoms with Crippen molar-refractivity contribution in [1.82, 2.24) is 20.3 Å². The highest BCUT2D eigenvalue weighted by Gasteiger charge is 2.19. The zero-order chi connectivity index (χ0) is 18.4. The third-order valence-corrected chi connectivity index (χ3v) is 4.10. The van der Waals surface area contributed by atoms with Gasteiger partial charge in [0.25, 0.3) is 5.91 Å². The number of amides is 1. The average Bonchev–Trinajstić information content (AvgIpc) is 2.67. The molecule has 1 aliphatic rings. The van der Waals surface area contributed by atoms with E-state index in [0.29, 0.717) is 23.1 Å². The van der Waals surface area contributed by atoms with Crippen LogP contribution in [0.4, 0.5) is 17.3 Å². The van der Waals surface area contributed by atoms with Gasteiger partial charge in [-0.15, -0.1) is 0 Å². The van der Waals surface area contributed by atoms with Gasteiger partial charge in [-0.1, -0.05) is 18.2 Å². The molecule has 1 aromatic heterocycles. The number of nitrogens with zero attached hydrogens (tertiary/aromatic N) is 4. The first-order chi connectivity index (χ1) is 12.6. The molecule has 138 valence electrons. The van der Waals surface area contributed by atoms with Crippen molar-refractivity contribution in [3.8, 4) is 5.75 Å². The molecule has 26 heavy (non-hydrogen) atoms. The highest BCUT2D eigenvalue weighted by molar-refractivity contribution is 5.81. The molecule has 1 saturated heterocycles. The Balaban J connectivity index is 1.54. The molecule has 1 fully saturated rings. The molecule has 0 atom stereocenters. The Kier molecular flexibility index (Phi) is 5.69. The highest BCUT2D eigenvalue weighted by Crippen LogP contribution is 2.26. The van der Waals surface area contributed by atoms with Gasteiger partial charge in [-0.25, -0.2) is 9.97 Å². The van der Waals surface area contributed by atoms with Crippen molar-refractivity contribution in [2.24, 2.45) is 0 Å². The Morgan fingerprint density at radius 2 is 1.92 bits per heavy atom. The lowest BCUT2D eigenvalue weighted by molar-refractivity contribution is -0.122. The number of ether oxygens (including phenoxy) is 1. The van der Waals surface area contributed by atoms with Crippen LogP contribution in [0.5, 0.6) is 5.75 Å². The van der Waals surface area contributed by atoms with Crippen molar-refractivity contribution in [2.45, 2.75) is 0 Å². The molecule has 0 spiro atoms. The van der Waals surface area contributed by atoms with Crippen molar-refractivity contribution < 1.29 is 9.53 Å². The minimum atomic E-state index is -0.340. The predicted molar refractivity (Wildman–Crippen MR) is 99.9 cm³/mol. The van der Waals surface area contributed by atoms with Gasteiger partial charge >= 0.3 is 0 Å². The SMILES string of the molecule is CN1CCN(c2ncnc(NNC(=O)COc3ccccc3)c2N)CC1. The van der Waals surface area contributed by atoms with Crippen LogP contribution in [0.15, 0.2) is 36.7 Å². The number of para-hydroxylation sites is 1. The number of hydrogen-bond acceptors (Lipinski definition) is 8. The van der Waals surface area contributed by atoms with Crippen LogP contribution in [-0.4, -0.2) is 60.6 Å². The molecule has 2 aromatic rings. The predicted octanol–water partition coefficient (Wildman–Crippen LogP) is 0.333. The summed E-state index contributed by atoms with van der Waals surface area (Å²) in [6.45, 7) is 3.45. The Hall–Kier alpha value is -3.07. The van der Waals surface area contributed by atoms with E-state index >= 15 is 0 Å². The van der Waals surface area contributed by atoms with Crippen molar-refractivity contribution in [2.75, 3.05) is 55.9 Å². The Labute approximate surface area is 152 Å². The quantitative estimate of drug-likeness (QED) is 0.635. The molecule has 9 heteroatoms. The summed E-state index contributed by atoms with van der Waals surface area (Å²) in [6, 6.07) is 9.13. The highest BCUT2D eigenvalue weighted by atomic mass is 16.5. The van der Waals surface area contributed by atoms with Crippen LogP contribution < -0.4 is 26.2 Å². The normalized spacial score (nSPS) is 14.7. The van der Waals surface area contributed by atoms with Crippen LogP contribution in [0, 0.1) is 0 Å². The zero-order valence-electron chi connectivity index (χ0n) is 14.7. The van der Waals surface area contributed by atoms with Gasteiger partial charge in [0, 0.05) is 26.2 Å². The molecular formula is C17H23N7O2. The molecule has 1 aliphatic heterocycles. The van der Waals surface area contributed by atoms with E-state index < -0.39 is 0 Å². The molecular weight excluding hydrogens is 334 g/mol. The number of piperazine rings is 1. The van der Waals surface area contributed by atoms with E-state index in [1.807, 2.05) is 18.2 Å². The second-order valence-corrected chi connectivity index (χ2v) is 6.02. The van der Waals surface area contributed by atoms with Gasteiger partial charge in [-0.05, 0) is 19.2 Å². The van der Waals surface area contributed by atoms with E-state index in [0.717, 1.165) is 26.2 Å². The molecule has 0 bridgehead atoms. The molecule has 0 unspecified atom stereocenters. The molecule has 1 aromatic carbocycles. The summed E-state index contributed by atoms with van der Waals surface area (Å²) in [7, 11) is 2.08. The molecule has 0 saturated carbocycles. The minimum absolute atomic E-state index is 0.118. The topological polar surface area (TPSA) is 109 Å². The summed E-state index contributed by atoms with van der Waals surface area (Å²) in [6.07, 6.45) is 1.43. The van der Waals surface area contributed by atoms with E-state index in [4.69, 9.17) is 10.5 Å². The molecule has 1 amide bonds.